The molecule has 10 aromatic carbocycles. The summed E-state index contributed by atoms with van der Waals surface area (Å²) in [6.07, 6.45) is 0. The molecule has 0 fully saturated rings. The van der Waals surface area contributed by atoms with Crippen molar-refractivity contribution < 1.29 is 0 Å². The molecule has 0 unspecified atom stereocenters. The molecule has 0 amide bonds. The molecule has 0 aliphatic carbocycles. The highest BCUT2D eigenvalue weighted by Crippen LogP contribution is 2.46. The molecule has 324 valence electrons. The first-order chi connectivity index (χ1) is 34.2. The van der Waals surface area contributed by atoms with Crippen molar-refractivity contribution >= 4 is 21.5 Å². The fraction of sp³-hybridized carbons (Fsp3) is 0.0159. The summed E-state index contributed by atoms with van der Waals surface area (Å²) < 4.78 is 0. The number of nitrogens with zero attached hydrogens (tertiary/aromatic N) is 6. The van der Waals surface area contributed by atoms with Gasteiger partial charge in [-0.15, -0.1) is 0 Å². The maximum Gasteiger partial charge on any atom is 0.164 e. The fourth-order valence-corrected chi connectivity index (χ4v) is 9.64. The zero-order valence-corrected chi connectivity index (χ0v) is 37.4. The third-order valence-corrected chi connectivity index (χ3v) is 13.0. The Morgan fingerprint density at radius 3 is 0.855 bits per heavy atom. The molecular formula is C63H42N6. The maximum absolute atomic E-state index is 5.18. The number of fused-ring (bicyclic) bond motifs is 2. The van der Waals surface area contributed by atoms with E-state index in [0.29, 0.717) is 34.9 Å². The van der Waals surface area contributed by atoms with Crippen molar-refractivity contribution in [1.29, 1.82) is 0 Å². The zero-order chi connectivity index (χ0) is 46.0. The molecule has 2 heterocycles. The van der Waals surface area contributed by atoms with Crippen LogP contribution < -0.4 is 0 Å². The van der Waals surface area contributed by atoms with Gasteiger partial charge >= 0.3 is 0 Å². The molecule has 0 aliphatic heterocycles. The van der Waals surface area contributed by atoms with E-state index < -0.39 is 5.41 Å². The van der Waals surface area contributed by atoms with Crippen molar-refractivity contribution in [3.05, 3.63) is 277 Å². The molecule has 0 N–H and O–H groups in total. The van der Waals surface area contributed by atoms with E-state index in [0.717, 1.165) is 77.2 Å². The van der Waals surface area contributed by atoms with Gasteiger partial charge in [0.25, 0.3) is 0 Å². The van der Waals surface area contributed by atoms with Crippen LogP contribution in [0, 0.1) is 0 Å². The van der Waals surface area contributed by atoms with Gasteiger partial charge < -0.3 is 0 Å². The third kappa shape index (κ3) is 7.70. The van der Waals surface area contributed by atoms with E-state index in [2.05, 4.69) is 194 Å². The van der Waals surface area contributed by atoms with Crippen LogP contribution in [-0.2, 0) is 5.41 Å². The van der Waals surface area contributed by atoms with Gasteiger partial charge in [0.15, 0.2) is 34.9 Å². The molecule has 0 saturated carbocycles. The Morgan fingerprint density at radius 2 is 0.478 bits per heavy atom. The van der Waals surface area contributed by atoms with Gasteiger partial charge in [0.1, 0.15) is 0 Å². The summed E-state index contributed by atoms with van der Waals surface area (Å²) in [6.45, 7) is 0. The molecule has 0 atom stereocenters. The van der Waals surface area contributed by atoms with Gasteiger partial charge in [-0.2, -0.15) is 0 Å². The van der Waals surface area contributed by atoms with Crippen LogP contribution in [0.15, 0.2) is 255 Å². The third-order valence-electron chi connectivity index (χ3n) is 13.0. The van der Waals surface area contributed by atoms with Crippen molar-refractivity contribution in [2.24, 2.45) is 0 Å². The number of hydrogen-bond acceptors (Lipinski definition) is 6. The molecular weight excluding hydrogens is 841 g/mol. The lowest BCUT2D eigenvalue weighted by Crippen LogP contribution is -2.31. The SMILES string of the molecule is c1ccc(-c2nc(-c3ccc(C(c4ccccc4)(c4ccccc4)c4ccc(-c5nc(-c6ccccc6)nc(-c6cccc7ccccc67)n5)cc4)cc3)nc(-c3cccc4ccccc34)n2)cc1. The fourth-order valence-electron chi connectivity index (χ4n) is 9.64. The molecule has 0 saturated heterocycles. The summed E-state index contributed by atoms with van der Waals surface area (Å²) in [6, 6.07) is 88.5. The largest absolute Gasteiger partial charge is 0.208 e. The lowest BCUT2D eigenvalue weighted by atomic mass is 9.65. The van der Waals surface area contributed by atoms with Gasteiger partial charge in [-0.05, 0) is 43.8 Å². The molecule has 12 aromatic rings. The monoisotopic (exact) mass is 882 g/mol. The number of rotatable bonds is 10. The predicted octanol–water partition coefficient (Wildman–Crippen LogP) is 14.7. The van der Waals surface area contributed by atoms with E-state index in [-0.39, 0.29) is 0 Å². The first-order valence-electron chi connectivity index (χ1n) is 23.1. The normalized spacial score (nSPS) is 11.5. The van der Waals surface area contributed by atoms with Crippen LogP contribution in [-0.4, -0.2) is 29.9 Å². The van der Waals surface area contributed by atoms with Gasteiger partial charge in [0.2, 0.25) is 0 Å². The van der Waals surface area contributed by atoms with Crippen LogP contribution in [0.2, 0.25) is 0 Å². The van der Waals surface area contributed by atoms with Crippen LogP contribution in [0.1, 0.15) is 22.3 Å². The van der Waals surface area contributed by atoms with Crippen LogP contribution in [0.3, 0.4) is 0 Å². The van der Waals surface area contributed by atoms with E-state index >= 15 is 0 Å². The summed E-state index contributed by atoms with van der Waals surface area (Å²) >= 11 is 0. The summed E-state index contributed by atoms with van der Waals surface area (Å²) in [5, 5.41) is 4.44. The molecule has 6 heteroatoms. The van der Waals surface area contributed by atoms with Crippen molar-refractivity contribution in [3.63, 3.8) is 0 Å². The smallest absolute Gasteiger partial charge is 0.164 e. The minimum atomic E-state index is -0.718. The second-order valence-electron chi connectivity index (χ2n) is 17.0. The summed E-state index contributed by atoms with van der Waals surface area (Å²) in [5.41, 5.74) is 9.26. The molecule has 69 heavy (non-hydrogen) atoms. The van der Waals surface area contributed by atoms with Gasteiger partial charge in [-0.3, -0.25) is 0 Å². The average Bonchev–Trinajstić information content (AvgIpc) is 3.44. The molecule has 12 rings (SSSR count). The Bertz CT molecular complexity index is 3490. The second-order valence-corrected chi connectivity index (χ2v) is 17.0. The van der Waals surface area contributed by atoms with Crippen molar-refractivity contribution in [3.8, 4) is 68.3 Å². The highest BCUT2D eigenvalue weighted by Gasteiger charge is 2.38. The summed E-state index contributed by atoms with van der Waals surface area (Å²) in [7, 11) is 0. The van der Waals surface area contributed by atoms with Crippen molar-refractivity contribution in [1.82, 2.24) is 29.9 Å². The molecule has 0 spiro atoms. The number of benzene rings is 10. The molecule has 0 aliphatic rings. The van der Waals surface area contributed by atoms with E-state index in [4.69, 9.17) is 29.9 Å². The Labute approximate surface area is 400 Å². The van der Waals surface area contributed by atoms with Crippen LogP contribution in [0.4, 0.5) is 0 Å². The van der Waals surface area contributed by atoms with E-state index in [9.17, 15) is 0 Å². The number of aromatic nitrogens is 6. The van der Waals surface area contributed by atoms with Gasteiger partial charge in [-0.1, -0.05) is 255 Å². The Kier molecular flexibility index (Phi) is 10.7. The van der Waals surface area contributed by atoms with Gasteiger partial charge in [-0.25, -0.2) is 29.9 Å². The Balaban J connectivity index is 1.00. The lowest BCUT2D eigenvalue weighted by molar-refractivity contribution is 0.745. The average molecular weight is 883 g/mol. The quantitative estimate of drug-likeness (QED) is 0.127. The maximum atomic E-state index is 5.18. The van der Waals surface area contributed by atoms with Crippen molar-refractivity contribution in [2.45, 2.75) is 5.41 Å². The molecule has 6 nitrogen and oxygen atoms in total. The first-order valence-corrected chi connectivity index (χ1v) is 23.1. The standard InChI is InChI=1S/C63H42N6/c1-5-21-45(22-6-1)57-64-59(68-61(66-57)55-33-17-25-43-19-13-15-31-53(43)55)47-35-39-51(40-36-47)63(49-27-9-3-10-28-49,50-29-11-4-12-30-50)52-41-37-48(38-42-52)60-65-58(46-23-7-2-8-24-46)67-62(69-60)56-34-18-26-44-20-14-16-32-54(44)56/h1-42H. The minimum absolute atomic E-state index is 0.600. The minimum Gasteiger partial charge on any atom is -0.208 e. The summed E-state index contributed by atoms with van der Waals surface area (Å²) in [4.78, 5) is 30.7. The molecule has 2 aromatic heterocycles. The number of hydrogen-bond donors (Lipinski definition) is 0. The topological polar surface area (TPSA) is 77.3 Å². The predicted molar refractivity (Wildman–Crippen MR) is 279 cm³/mol. The summed E-state index contributed by atoms with van der Waals surface area (Å²) in [5.74, 6) is 3.69. The van der Waals surface area contributed by atoms with Gasteiger partial charge in [0, 0.05) is 33.4 Å². The van der Waals surface area contributed by atoms with E-state index in [1.807, 2.05) is 60.7 Å². The van der Waals surface area contributed by atoms with Crippen LogP contribution in [0.5, 0.6) is 0 Å². The highest BCUT2D eigenvalue weighted by molar-refractivity contribution is 5.96. The molecule has 0 bridgehead atoms. The lowest BCUT2D eigenvalue weighted by Gasteiger charge is -2.37. The first kappa shape index (κ1) is 41.2. The van der Waals surface area contributed by atoms with Crippen LogP contribution >= 0.6 is 0 Å². The van der Waals surface area contributed by atoms with E-state index in [1.54, 1.807) is 0 Å². The van der Waals surface area contributed by atoms with E-state index in [1.165, 1.54) is 0 Å². The second kappa shape index (κ2) is 17.9. The Hall–Kier alpha value is -9.26. The van der Waals surface area contributed by atoms with Crippen molar-refractivity contribution in [2.75, 3.05) is 0 Å². The highest BCUT2D eigenvalue weighted by atomic mass is 15.0. The zero-order valence-electron chi connectivity index (χ0n) is 37.4. The van der Waals surface area contributed by atoms with Crippen LogP contribution in [0.25, 0.3) is 89.9 Å². The molecule has 0 radical (unpaired) electrons. The van der Waals surface area contributed by atoms with Gasteiger partial charge in [0.05, 0.1) is 5.41 Å². The Morgan fingerprint density at radius 1 is 0.203 bits per heavy atom.